The van der Waals surface area contributed by atoms with Crippen LogP contribution in [0.15, 0.2) is 4.99 Å². The first kappa shape index (κ1) is 29.4. The third-order valence-electron chi connectivity index (χ3n) is 3.37. The molecule has 0 bridgehead atoms. The fourth-order valence-electron chi connectivity index (χ4n) is 2.14. The maximum Gasteiger partial charge on any atom is 0.407 e. The topological polar surface area (TPSA) is 121 Å². The van der Waals surface area contributed by atoms with Gasteiger partial charge < -0.3 is 20.7 Å². The summed E-state index contributed by atoms with van der Waals surface area (Å²) in [6.45, 7) is 8.94. The molecular formula is C17H38IN5O4S. The van der Waals surface area contributed by atoms with Gasteiger partial charge >= 0.3 is 6.09 Å². The van der Waals surface area contributed by atoms with Crippen molar-refractivity contribution in [1.82, 2.24) is 20.7 Å². The molecule has 0 saturated heterocycles. The molecule has 168 valence electrons. The lowest BCUT2D eigenvalue weighted by Crippen LogP contribution is -2.49. The molecule has 0 heterocycles. The largest absolute Gasteiger partial charge is 0.444 e. The van der Waals surface area contributed by atoms with Crippen molar-refractivity contribution in [2.75, 3.05) is 32.9 Å². The number of ether oxygens (including phenoxy) is 1. The molecule has 11 heteroatoms. The summed E-state index contributed by atoms with van der Waals surface area (Å²) in [5.74, 6) is 0.612. The van der Waals surface area contributed by atoms with Crippen molar-refractivity contribution in [2.24, 2.45) is 4.99 Å². The van der Waals surface area contributed by atoms with Crippen LogP contribution in [0.25, 0.3) is 0 Å². The molecule has 0 aromatic heterocycles. The zero-order chi connectivity index (χ0) is 20.9. The number of carbonyl (C=O) groups excluding carboxylic acids is 1. The van der Waals surface area contributed by atoms with Crippen molar-refractivity contribution < 1.29 is 17.9 Å². The number of hydrogen-bond acceptors (Lipinski definition) is 5. The second kappa shape index (κ2) is 15.1. The van der Waals surface area contributed by atoms with Gasteiger partial charge in [0.2, 0.25) is 10.0 Å². The zero-order valence-corrected chi connectivity index (χ0v) is 21.1. The summed E-state index contributed by atoms with van der Waals surface area (Å²) in [5, 5.41) is 9.23. The van der Waals surface area contributed by atoms with Gasteiger partial charge in [0.1, 0.15) is 5.60 Å². The van der Waals surface area contributed by atoms with Crippen molar-refractivity contribution in [2.45, 2.75) is 65.0 Å². The van der Waals surface area contributed by atoms with Crippen LogP contribution in [-0.2, 0) is 14.8 Å². The van der Waals surface area contributed by atoms with Gasteiger partial charge in [-0.1, -0.05) is 19.8 Å². The zero-order valence-electron chi connectivity index (χ0n) is 17.9. The number of nitrogens with one attached hydrogen (secondary N) is 4. The summed E-state index contributed by atoms with van der Waals surface area (Å²) in [6, 6.07) is 0.0119. The molecular weight excluding hydrogens is 497 g/mol. The fraction of sp³-hybridized carbons (Fsp3) is 0.882. The smallest absolute Gasteiger partial charge is 0.407 e. The highest BCUT2D eigenvalue weighted by Crippen LogP contribution is 2.07. The first-order chi connectivity index (χ1) is 12.5. The second-order valence-electron chi connectivity index (χ2n) is 7.39. The summed E-state index contributed by atoms with van der Waals surface area (Å²) in [6.07, 6.45) is 4.26. The molecule has 0 aromatic rings. The minimum Gasteiger partial charge on any atom is -0.444 e. The highest BCUT2D eigenvalue weighted by atomic mass is 127. The molecule has 0 aliphatic carbocycles. The molecule has 0 aromatic carbocycles. The van der Waals surface area contributed by atoms with Gasteiger partial charge in [-0.2, -0.15) is 0 Å². The van der Waals surface area contributed by atoms with Gasteiger partial charge in [-0.05, 0) is 33.6 Å². The molecule has 1 amide bonds. The average molecular weight is 535 g/mol. The summed E-state index contributed by atoms with van der Waals surface area (Å²) < 4.78 is 29.8. The number of sulfonamides is 1. The Morgan fingerprint density at radius 2 is 1.79 bits per heavy atom. The van der Waals surface area contributed by atoms with Gasteiger partial charge in [0.25, 0.3) is 0 Å². The van der Waals surface area contributed by atoms with Crippen molar-refractivity contribution in [1.29, 1.82) is 0 Å². The molecule has 0 fully saturated rings. The van der Waals surface area contributed by atoms with E-state index in [0.29, 0.717) is 32.0 Å². The van der Waals surface area contributed by atoms with E-state index < -0.39 is 21.7 Å². The number of guanidine groups is 1. The van der Waals surface area contributed by atoms with Gasteiger partial charge in [0.05, 0.1) is 6.26 Å². The van der Waals surface area contributed by atoms with Gasteiger partial charge in [0, 0.05) is 32.7 Å². The number of halogens is 1. The van der Waals surface area contributed by atoms with Crippen LogP contribution in [0, 0.1) is 0 Å². The Bertz CT molecular complexity index is 564. The molecule has 0 aliphatic rings. The Balaban J connectivity index is 0. The molecule has 9 nitrogen and oxygen atoms in total. The van der Waals surface area contributed by atoms with Crippen LogP contribution in [0.4, 0.5) is 4.79 Å². The Hall–Kier alpha value is -0.820. The predicted octanol–water partition coefficient (Wildman–Crippen LogP) is 1.79. The fourth-order valence-corrected chi connectivity index (χ4v) is 2.65. The molecule has 28 heavy (non-hydrogen) atoms. The lowest BCUT2D eigenvalue weighted by Gasteiger charge is -2.24. The molecule has 1 unspecified atom stereocenters. The minimum atomic E-state index is -3.16. The normalized spacial score (nSPS) is 13.3. The van der Waals surface area contributed by atoms with E-state index in [1.807, 2.05) is 20.8 Å². The van der Waals surface area contributed by atoms with E-state index in [9.17, 15) is 13.2 Å². The first-order valence-electron chi connectivity index (χ1n) is 9.35. The Labute approximate surface area is 187 Å². The predicted molar refractivity (Wildman–Crippen MR) is 125 cm³/mol. The lowest BCUT2D eigenvalue weighted by molar-refractivity contribution is 0.0522. The van der Waals surface area contributed by atoms with E-state index in [2.05, 4.69) is 32.6 Å². The van der Waals surface area contributed by atoms with E-state index in [1.54, 1.807) is 7.05 Å². The maximum atomic E-state index is 11.9. The van der Waals surface area contributed by atoms with Crippen LogP contribution < -0.4 is 20.7 Å². The second-order valence-corrected chi connectivity index (χ2v) is 9.22. The van der Waals surface area contributed by atoms with Crippen LogP contribution in [-0.4, -0.2) is 65.1 Å². The van der Waals surface area contributed by atoms with E-state index in [-0.39, 0.29) is 30.0 Å². The van der Waals surface area contributed by atoms with Gasteiger partial charge in [0.15, 0.2) is 5.96 Å². The highest BCUT2D eigenvalue weighted by molar-refractivity contribution is 14.0. The molecule has 0 radical (unpaired) electrons. The average Bonchev–Trinajstić information content (AvgIpc) is 2.52. The summed E-state index contributed by atoms with van der Waals surface area (Å²) in [4.78, 5) is 16.0. The summed E-state index contributed by atoms with van der Waals surface area (Å²) in [5.41, 5.74) is -0.534. The number of hydrogen-bond donors (Lipinski definition) is 4. The lowest BCUT2D eigenvalue weighted by atomic mass is 10.1. The number of rotatable bonds is 11. The third kappa shape index (κ3) is 18.5. The van der Waals surface area contributed by atoms with Crippen LogP contribution in [0.5, 0.6) is 0 Å². The number of unbranched alkanes of at least 4 members (excludes halogenated alkanes) is 1. The van der Waals surface area contributed by atoms with Crippen molar-refractivity contribution in [3.8, 4) is 0 Å². The molecule has 0 aliphatic heterocycles. The molecule has 0 rings (SSSR count). The summed E-state index contributed by atoms with van der Waals surface area (Å²) in [7, 11) is -1.50. The van der Waals surface area contributed by atoms with Crippen LogP contribution >= 0.6 is 24.0 Å². The van der Waals surface area contributed by atoms with Crippen molar-refractivity contribution in [3.63, 3.8) is 0 Å². The maximum absolute atomic E-state index is 11.9. The molecule has 1 atom stereocenters. The summed E-state index contributed by atoms with van der Waals surface area (Å²) >= 11 is 0. The van der Waals surface area contributed by atoms with Gasteiger partial charge in [-0.15, -0.1) is 24.0 Å². The van der Waals surface area contributed by atoms with Crippen molar-refractivity contribution in [3.05, 3.63) is 0 Å². The molecule has 4 N–H and O–H groups in total. The number of carbonyl (C=O) groups is 1. The van der Waals surface area contributed by atoms with E-state index in [1.165, 1.54) is 0 Å². The van der Waals surface area contributed by atoms with E-state index in [4.69, 9.17) is 4.74 Å². The molecule has 0 spiro atoms. The Morgan fingerprint density at radius 1 is 1.14 bits per heavy atom. The van der Waals surface area contributed by atoms with Gasteiger partial charge in [-0.25, -0.2) is 17.9 Å². The van der Waals surface area contributed by atoms with Gasteiger partial charge in [-0.3, -0.25) is 4.99 Å². The SMILES string of the molecule is CCCCC(CNC(=O)OC(C)(C)C)NC(=NC)NCCCNS(C)(=O)=O.I. The number of amides is 1. The number of alkyl carbamates (subject to hydrolysis) is 1. The standard InChI is InChI=1S/C17H37N5O4S.HI/c1-7-8-10-14(13-20-16(23)26-17(2,3)4)22-15(18-5)19-11-9-12-21-27(6,24)25;/h14,21H,7-13H2,1-6H3,(H,20,23)(H2,18,19,22);1H. The quantitative estimate of drug-likeness (QED) is 0.139. The number of aliphatic imine (C=N–C) groups is 1. The van der Waals surface area contributed by atoms with Crippen molar-refractivity contribution >= 4 is 46.1 Å². The Morgan fingerprint density at radius 3 is 2.29 bits per heavy atom. The monoisotopic (exact) mass is 535 g/mol. The van der Waals surface area contributed by atoms with E-state index >= 15 is 0 Å². The number of nitrogens with zero attached hydrogens (tertiary/aromatic N) is 1. The first-order valence-corrected chi connectivity index (χ1v) is 11.2. The highest BCUT2D eigenvalue weighted by Gasteiger charge is 2.18. The molecule has 0 saturated carbocycles. The van der Waals surface area contributed by atoms with Crippen LogP contribution in [0.1, 0.15) is 53.4 Å². The van der Waals surface area contributed by atoms with Crippen LogP contribution in [0.2, 0.25) is 0 Å². The third-order valence-corrected chi connectivity index (χ3v) is 4.10. The Kier molecular flexibility index (Phi) is 15.8. The van der Waals surface area contributed by atoms with Crippen LogP contribution in [0.3, 0.4) is 0 Å². The van der Waals surface area contributed by atoms with E-state index in [0.717, 1.165) is 25.5 Å². The minimum absolute atomic E-state index is 0.